The van der Waals surface area contributed by atoms with Crippen molar-refractivity contribution in [1.82, 2.24) is 0 Å². The summed E-state index contributed by atoms with van der Waals surface area (Å²) in [5.41, 5.74) is 2.44. The van der Waals surface area contributed by atoms with Gasteiger partial charge in [0.25, 0.3) is 5.69 Å². The number of anilines is 1. The molecule has 0 radical (unpaired) electrons. The lowest BCUT2D eigenvalue weighted by molar-refractivity contribution is -0.388. The molecule has 0 saturated carbocycles. The minimum absolute atomic E-state index is 0.162. The Bertz CT molecular complexity index is 714. The van der Waals surface area contributed by atoms with Crippen molar-refractivity contribution in [2.45, 2.75) is 6.18 Å². The van der Waals surface area contributed by atoms with Crippen LogP contribution in [0, 0.1) is 10.1 Å². The Morgan fingerprint density at radius 1 is 1.14 bits per heavy atom. The molecule has 0 aromatic heterocycles. The molecule has 0 spiro atoms. The van der Waals surface area contributed by atoms with Gasteiger partial charge in [-0.25, -0.2) is 0 Å². The first-order valence-electron chi connectivity index (χ1n) is 5.65. The molecule has 5 nitrogen and oxygen atoms in total. The third kappa shape index (κ3) is 2.73. The third-order valence-electron chi connectivity index (χ3n) is 2.83. The molecule has 2 rings (SSSR count). The standard InChI is InChI=1S/C13H9F3N2O3/c14-13(15,16)12-9(2-1-3-10(12)18(20)21)8-5-4-7(17)6-11(8)19/h1-6,19H,17H2. The van der Waals surface area contributed by atoms with Crippen molar-refractivity contribution < 1.29 is 23.2 Å². The number of aromatic hydroxyl groups is 1. The van der Waals surface area contributed by atoms with Crippen LogP contribution in [-0.4, -0.2) is 10.0 Å². The number of nitrogens with zero attached hydrogens (tertiary/aromatic N) is 1. The van der Waals surface area contributed by atoms with Crippen LogP contribution in [0.15, 0.2) is 36.4 Å². The van der Waals surface area contributed by atoms with Crippen LogP contribution in [0.1, 0.15) is 5.56 Å². The van der Waals surface area contributed by atoms with Crippen LogP contribution in [0.5, 0.6) is 5.75 Å². The number of nitrogen functional groups attached to an aromatic ring is 1. The number of halogens is 3. The number of phenolic OH excluding ortho intramolecular Hbond substituents is 1. The minimum Gasteiger partial charge on any atom is -0.507 e. The zero-order valence-corrected chi connectivity index (χ0v) is 10.4. The van der Waals surface area contributed by atoms with Gasteiger partial charge >= 0.3 is 6.18 Å². The van der Waals surface area contributed by atoms with Crippen LogP contribution < -0.4 is 5.73 Å². The van der Waals surface area contributed by atoms with Gasteiger partial charge in [-0.1, -0.05) is 12.1 Å². The fraction of sp³-hybridized carbons (Fsp3) is 0.0769. The number of rotatable bonds is 2. The second-order valence-corrected chi connectivity index (χ2v) is 4.23. The summed E-state index contributed by atoms with van der Waals surface area (Å²) in [5.74, 6) is -0.485. The van der Waals surface area contributed by atoms with Crippen LogP contribution in [0.3, 0.4) is 0 Å². The first-order valence-corrected chi connectivity index (χ1v) is 5.65. The van der Waals surface area contributed by atoms with E-state index >= 15 is 0 Å². The number of hydrogen-bond acceptors (Lipinski definition) is 4. The molecule has 0 amide bonds. The molecule has 2 aromatic carbocycles. The second kappa shape index (κ2) is 4.97. The highest BCUT2D eigenvalue weighted by Crippen LogP contribution is 2.44. The van der Waals surface area contributed by atoms with Gasteiger partial charge in [-0.2, -0.15) is 13.2 Å². The largest absolute Gasteiger partial charge is 0.507 e. The zero-order chi connectivity index (χ0) is 15.8. The third-order valence-corrected chi connectivity index (χ3v) is 2.83. The number of phenols is 1. The van der Waals surface area contributed by atoms with Crippen LogP contribution in [-0.2, 0) is 6.18 Å². The molecule has 21 heavy (non-hydrogen) atoms. The van der Waals surface area contributed by atoms with Gasteiger partial charge in [-0.05, 0) is 12.1 Å². The molecule has 0 aliphatic heterocycles. The summed E-state index contributed by atoms with van der Waals surface area (Å²) in [4.78, 5) is 9.70. The topological polar surface area (TPSA) is 89.4 Å². The van der Waals surface area contributed by atoms with E-state index in [9.17, 15) is 28.4 Å². The number of nitro benzene ring substituents is 1. The van der Waals surface area contributed by atoms with Gasteiger partial charge in [0.15, 0.2) is 0 Å². The molecule has 8 heteroatoms. The Balaban J connectivity index is 2.80. The quantitative estimate of drug-likeness (QED) is 0.504. The summed E-state index contributed by atoms with van der Waals surface area (Å²) in [6.45, 7) is 0. The van der Waals surface area contributed by atoms with Crippen LogP contribution in [0.4, 0.5) is 24.5 Å². The van der Waals surface area contributed by atoms with E-state index in [1.54, 1.807) is 0 Å². The summed E-state index contributed by atoms with van der Waals surface area (Å²) in [6.07, 6.45) is -4.94. The predicted molar refractivity (Wildman–Crippen MR) is 69.6 cm³/mol. The van der Waals surface area contributed by atoms with Crippen LogP contribution in [0.25, 0.3) is 11.1 Å². The lowest BCUT2D eigenvalue weighted by atomic mass is 9.96. The van der Waals surface area contributed by atoms with E-state index < -0.39 is 33.7 Å². The van der Waals surface area contributed by atoms with E-state index in [1.165, 1.54) is 12.1 Å². The van der Waals surface area contributed by atoms with Crippen LogP contribution >= 0.6 is 0 Å². The Kier molecular flexibility index (Phi) is 3.46. The smallest absolute Gasteiger partial charge is 0.423 e. The predicted octanol–water partition coefficient (Wildman–Crippen LogP) is 3.57. The Morgan fingerprint density at radius 2 is 1.81 bits per heavy atom. The van der Waals surface area contributed by atoms with E-state index in [-0.39, 0.29) is 11.3 Å². The number of alkyl halides is 3. The molecular formula is C13H9F3N2O3. The Labute approximate surface area is 116 Å². The molecule has 110 valence electrons. The van der Waals surface area contributed by atoms with E-state index in [1.807, 2.05) is 0 Å². The average molecular weight is 298 g/mol. The molecule has 0 fully saturated rings. The second-order valence-electron chi connectivity index (χ2n) is 4.23. The van der Waals surface area contributed by atoms with E-state index in [0.717, 1.165) is 24.3 Å². The van der Waals surface area contributed by atoms with Gasteiger partial charge in [0.05, 0.1) is 4.92 Å². The first kappa shape index (κ1) is 14.6. The van der Waals surface area contributed by atoms with Crippen LogP contribution in [0.2, 0.25) is 0 Å². The molecule has 0 atom stereocenters. The molecule has 0 saturated heterocycles. The highest BCUT2D eigenvalue weighted by Gasteiger charge is 2.41. The molecule has 0 unspecified atom stereocenters. The van der Waals surface area contributed by atoms with Gasteiger partial charge in [0.1, 0.15) is 11.3 Å². The fourth-order valence-corrected chi connectivity index (χ4v) is 1.99. The monoisotopic (exact) mass is 298 g/mol. The molecular weight excluding hydrogens is 289 g/mol. The van der Waals surface area contributed by atoms with E-state index in [0.29, 0.717) is 0 Å². The summed E-state index contributed by atoms with van der Waals surface area (Å²) >= 11 is 0. The molecule has 0 aliphatic carbocycles. The fourth-order valence-electron chi connectivity index (χ4n) is 1.99. The van der Waals surface area contributed by atoms with E-state index in [4.69, 9.17) is 5.73 Å². The summed E-state index contributed by atoms with van der Waals surface area (Å²) in [5, 5.41) is 20.6. The Morgan fingerprint density at radius 3 is 2.33 bits per heavy atom. The van der Waals surface area contributed by atoms with E-state index in [2.05, 4.69) is 0 Å². The first-order chi connectivity index (χ1) is 9.71. The minimum atomic E-state index is -4.94. The SMILES string of the molecule is Nc1ccc(-c2cccc([N+](=O)[O-])c2C(F)(F)F)c(O)c1. The zero-order valence-electron chi connectivity index (χ0n) is 10.4. The Hall–Kier alpha value is -2.77. The number of hydrogen-bond donors (Lipinski definition) is 2. The van der Waals surface area contributed by atoms with Crippen molar-refractivity contribution in [3.8, 4) is 16.9 Å². The molecule has 2 aromatic rings. The van der Waals surface area contributed by atoms with Gasteiger partial charge in [-0.3, -0.25) is 10.1 Å². The van der Waals surface area contributed by atoms with Crippen molar-refractivity contribution in [3.63, 3.8) is 0 Å². The lowest BCUT2D eigenvalue weighted by Gasteiger charge is -2.14. The maximum absolute atomic E-state index is 13.2. The van der Waals surface area contributed by atoms with Gasteiger partial charge in [0, 0.05) is 28.9 Å². The maximum Gasteiger partial charge on any atom is 0.423 e. The lowest BCUT2D eigenvalue weighted by Crippen LogP contribution is -2.11. The summed E-state index contributed by atoms with van der Waals surface area (Å²) in [7, 11) is 0. The van der Waals surface area contributed by atoms with Gasteiger partial charge < -0.3 is 10.8 Å². The van der Waals surface area contributed by atoms with Crippen molar-refractivity contribution in [3.05, 3.63) is 52.1 Å². The number of benzene rings is 2. The number of nitrogens with two attached hydrogens (primary N) is 1. The normalized spacial score (nSPS) is 11.4. The molecule has 3 N–H and O–H groups in total. The molecule has 0 bridgehead atoms. The molecule has 0 heterocycles. The van der Waals surface area contributed by atoms with Gasteiger partial charge in [-0.15, -0.1) is 0 Å². The maximum atomic E-state index is 13.2. The summed E-state index contributed by atoms with van der Waals surface area (Å²) < 4.78 is 39.5. The van der Waals surface area contributed by atoms with Gasteiger partial charge in [0.2, 0.25) is 0 Å². The van der Waals surface area contributed by atoms with Crippen molar-refractivity contribution in [2.75, 3.05) is 5.73 Å². The number of nitro groups is 1. The average Bonchev–Trinajstić information content (AvgIpc) is 2.36. The van der Waals surface area contributed by atoms with Crippen molar-refractivity contribution >= 4 is 11.4 Å². The highest BCUT2D eigenvalue weighted by molar-refractivity contribution is 5.78. The highest BCUT2D eigenvalue weighted by atomic mass is 19.4. The van der Waals surface area contributed by atoms with Crippen molar-refractivity contribution in [2.24, 2.45) is 0 Å². The summed E-state index contributed by atoms with van der Waals surface area (Å²) in [6, 6.07) is 6.50. The van der Waals surface area contributed by atoms with Crippen molar-refractivity contribution in [1.29, 1.82) is 0 Å². The molecule has 0 aliphatic rings.